The number of aromatic amines is 1. The summed E-state index contributed by atoms with van der Waals surface area (Å²) in [5.41, 5.74) is 0.981. The van der Waals surface area contributed by atoms with Crippen LogP contribution in [0.1, 0.15) is 78.1 Å². The first-order valence-corrected chi connectivity index (χ1v) is 10.2. The van der Waals surface area contributed by atoms with Crippen LogP contribution in [0.5, 0.6) is 0 Å². The Bertz CT molecular complexity index is 611. The molecule has 1 aromatic heterocycles. The Hall–Kier alpha value is -0.860. The van der Waals surface area contributed by atoms with Crippen LogP contribution in [0.3, 0.4) is 0 Å². The van der Waals surface area contributed by atoms with E-state index in [0.717, 1.165) is 20.4 Å². The zero-order valence-electron chi connectivity index (χ0n) is 15.2. The molecule has 2 rings (SSSR count). The van der Waals surface area contributed by atoms with Gasteiger partial charge in [0.15, 0.2) is 0 Å². The molecule has 24 heavy (non-hydrogen) atoms. The molecule has 0 spiro atoms. The van der Waals surface area contributed by atoms with E-state index in [9.17, 15) is 0 Å². The van der Waals surface area contributed by atoms with Crippen LogP contribution in [-0.2, 0) is 0 Å². The lowest BCUT2D eigenvalue weighted by atomic mass is 10.1. The fraction of sp³-hybridized carbons (Fsp3) is 0.571. The molecule has 1 nitrogen and oxygen atoms in total. The zero-order valence-corrected chi connectivity index (χ0v) is 16.8. The van der Waals surface area contributed by atoms with E-state index in [4.69, 9.17) is 23.8 Å². The minimum absolute atomic E-state index is 0.722. The molecular formula is C21H32ClNS. The lowest BCUT2D eigenvalue weighted by Crippen LogP contribution is -1.80. The number of unbranched alkanes of at least 4 members (excludes halogenated alkanes) is 9. The Morgan fingerprint density at radius 2 is 1.38 bits per heavy atom. The van der Waals surface area contributed by atoms with E-state index in [0.29, 0.717) is 0 Å². The quantitative estimate of drug-likeness (QED) is 0.348. The lowest BCUT2D eigenvalue weighted by molar-refractivity contribution is 0.562. The van der Waals surface area contributed by atoms with Gasteiger partial charge in [0, 0.05) is 26.6 Å². The first kappa shape index (κ1) is 21.2. The van der Waals surface area contributed by atoms with Crippen LogP contribution in [0, 0.1) is 4.51 Å². The third-order valence-electron chi connectivity index (χ3n) is 4.18. The predicted octanol–water partition coefficient (Wildman–Crippen LogP) is 8.48. The fourth-order valence-corrected chi connectivity index (χ4v) is 3.13. The van der Waals surface area contributed by atoms with Crippen LogP contribution in [0.25, 0.3) is 10.9 Å². The van der Waals surface area contributed by atoms with Crippen LogP contribution in [0.4, 0.5) is 0 Å². The highest BCUT2D eigenvalue weighted by molar-refractivity contribution is 7.71. The summed E-state index contributed by atoms with van der Waals surface area (Å²) in [6.07, 6.45) is 16.3. The van der Waals surface area contributed by atoms with Crippen molar-refractivity contribution in [3.8, 4) is 0 Å². The second kappa shape index (κ2) is 13.4. The second-order valence-electron chi connectivity index (χ2n) is 6.36. The molecule has 2 aromatic rings. The fourth-order valence-electron chi connectivity index (χ4n) is 2.71. The number of pyridine rings is 1. The Morgan fingerprint density at radius 1 is 0.833 bits per heavy atom. The normalized spacial score (nSPS) is 10.5. The monoisotopic (exact) mass is 365 g/mol. The Labute approximate surface area is 157 Å². The van der Waals surface area contributed by atoms with E-state index >= 15 is 0 Å². The molecule has 0 amide bonds. The molecule has 0 aliphatic heterocycles. The molecule has 0 unspecified atom stereocenters. The maximum atomic E-state index is 5.82. The van der Waals surface area contributed by atoms with Crippen molar-refractivity contribution >= 4 is 34.7 Å². The van der Waals surface area contributed by atoms with Crippen LogP contribution < -0.4 is 0 Å². The van der Waals surface area contributed by atoms with E-state index in [1.165, 1.54) is 64.2 Å². The van der Waals surface area contributed by atoms with Crippen molar-refractivity contribution < 1.29 is 0 Å². The van der Waals surface area contributed by atoms with Crippen molar-refractivity contribution in [3.63, 3.8) is 0 Å². The van der Waals surface area contributed by atoms with Gasteiger partial charge >= 0.3 is 0 Å². The molecule has 0 aliphatic rings. The maximum Gasteiger partial charge on any atom is 0.0484 e. The maximum absolute atomic E-state index is 5.82. The molecular weight excluding hydrogens is 334 g/mol. The molecule has 0 saturated carbocycles. The van der Waals surface area contributed by atoms with Gasteiger partial charge in [-0.3, -0.25) is 0 Å². The molecule has 0 saturated heterocycles. The van der Waals surface area contributed by atoms with Crippen molar-refractivity contribution in [1.29, 1.82) is 0 Å². The van der Waals surface area contributed by atoms with Crippen molar-refractivity contribution in [2.45, 2.75) is 78.1 Å². The number of hydrogen-bond donors (Lipinski definition) is 1. The summed E-state index contributed by atoms with van der Waals surface area (Å²) in [7, 11) is 0. The Kier molecular flexibility index (Phi) is 11.9. The number of aromatic nitrogens is 1. The molecule has 1 aromatic carbocycles. The average molecular weight is 366 g/mol. The highest BCUT2D eigenvalue weighted by Gasteiger charge is 1.94. The largest absolute Gasteiger partial charge is 0.361 e. The summed E-state index contributed by atoms with van der Waals surface area (Å²) in [6, 6.07) is 7.50. The molecule has 0 fully saturated rings. The summed E-state index contributed by atoms with van der Waals surface area (Å²) in [5, 5.41) is 1.76. The molecule has 0 aliphatic carbocycles. The molecule has 1 N–H and O–H groups in total. The summed E-state index contributed by atoms with van der Waals surface area (Å²) in [4.78, 5) is 3.08. The SMILES string of the molecule is CCCCCCCCCCCC.S=c1cc[nH]c2cc(Cl)ccc12. The summed E-state index contributed by atoms with van der Waals surface area (Å²) < 4.78 is 0.848. The predicted molar refractivity (Wildman–Crippen MR) is 112 cm³/mol. The van der Waals surface area contributed by atoms with Gasteiger partial charge in [-0.15, -0.1) is 0 Å². The summed E-state index contributed by atoms with van der Waals surface area (Å²) >= 11 is 11.0. The molecule has 0 atom stereocenters. The number of fused-ring (bicyclic) bond motifs is 1. The molecule has 0 radical (unpaired) electrons. The molecule has 0 bridgehead atoms. The summed E-state index contributed by atoms with van der Waals surface area (Å²) in [5.74, 6) is 0. The first-order chi connectivity index (χ1) is 11.7. The van der Waals surface area contributed by atoms with Crippen molar-refractivity contribution in [2.24, 2.45) is 0 Å². The lowest BCUT2D eigenvalue weighted by Gasteiger charge is -1.99. The van der Waals surface area contributed by atoms with Gasteiger partial charge in [-0.25, -0.2) is 0 Å². The second-order valence-corrected chi connectivity index (χ2v) is 7.24. The summed E-state index contributed by atoms with van der Waals surface area (Å²) in [6.45, 7) is 4.56. The van der Waals surface area contributed by atoms with Gasteiger partial charge in [0.2, 0.25) is 0 Å². The van der Waals surface area contributed by atoms with Gasteiger partial charge in [0.25, 0.3) is 0 Å². The van der Waals surface area contributed by atoms with E-state index in [1.807, 2.05) is 30.5 Å². The van der Waals surface area contributed by atoms with E-state index in [1.54, 1.807) is 0 Å². The molecule has 3 heteroatoms. The number of rotatable bonds is 9. The highest BCUT2D eigenvalue weighted by Crippen LogP contribution is 2.17. The van der Waals surface area contributed by atoms with Gasteiger partial charge in [0.05, 0.1) is 0 Å². The van der Waals surface area contributed by atoms with Gasteiger partial charge in [0.1, 0.15) is 0 Å². The van der Waals surface area contributed by atoms with Crippen LogP contribution >= 0.6 is 23.8 Å². The topological polar surface area (TPSA) is 15.8 Å². The third-order valence-corrected chi connectivity index (χ3v) is 4.77. The first-order valence-electron chi connectivity index (χ1n) is 9.46. The van der Waals surface area contributed by atoms with Crippen molar-refractivity contribution in [1.82, 2.24) is 4.98 Å². The van der Waals surface area contributed by atoms with Crippen LogP contribution in [0.2, 0.25) is 5.02 Å². The van der Waals surface area contributed by atoms with E-state index in [-0.39, 0.29) is 0 Å². The number of hydrogen-bond acceptors (Lipinski definition) is 1. The minimum atomic E-state index is 0.722. The highest BCUT2D eigenvalue weighted by atomic mass is 35.5. The van der Waals surface area contributed by atoms with Crippen molar-refractivity contribution in [2.75, 3.05) is 0 Å². The molecule has 1 heterocycles. The van der Waals surface area contributed by atoms with Crippen LogP contribution in [-0.4, -0.2) is 4.98 Å². The van der Waals surface area contributed by atoms with Crippen molar-refractivity contribution in [3.05, 3.63) is 40.0 Å². The van der Waals surface area contributed by atoms with Gasteiger partial charge < -0.3 is 4.98 Å². The van der Waals surface area contributed by atoms with Gasteiger partial charge in [-0.2, -0.15) is 0 Å². The smallest absolute Gasteiger partial charge is 0.0484 e. The minimum Gasteiger partial charge on any atom is -0.361 e. The van der Waals surface area contributed by atoms with E-state index < -0.39 is 0 Å². The third kappa shape index (κ3) is 8.84. The number of benzene rings is 1. The molecule has 134 valence electrons. The number of nitrogens with one attached hydrogen (secondary N) is 1. The Morgan fingerprint density at radius 3 is 1.92 bits per heavy atom. The standard InChI is InChI=1S/C12H26.C9H6ClNS/c1-3-5-7-9-11-12-10-8-6-4-2;10-6-1-2-7-8(5-6)11-4-3-9(7)12/h3-12H2,1-2H3;1-5H,(H,11,12). The average Bonchev–Trinajstić information content (AvgIpc) is 2.58. The van der Waals surface area contributed by atoms with Gasteiger partial charge in [-0.05, 0) is 24.3 Å². The van der Waals surface area contributed by atoms with Gasteiger partial charge in [-0.1, -0.05) is 102 Å². The number of halogens is 1. The van der Waals surface area contributed by atoms with Crippen LogP contribution in [0.15, 0.2) is 30.5 Å². The Balaban J connectivity index is 0.000000240. The number of H-pyrrole nitrogens is 1. The van der Waals surface area contributed by atoms with E-state index in [2.05, 4.69) is 18.8 Å². The zero-order chi connectivity index (χ0) is 17.6.